The number of carbonyl (C=O) groups is 1. The van der Waals surface area contributed by atoms with Crippen molar-refractivity contribution in [1.82, 2.24) is 9.97 Å². The number of benzene rings is 1. The number of aromatic amines is 1. The van der Waals surface area contributed by atoms with Gasteiger partial charge in [-0.05, 0) is 38.8 Å². The predicted octanol–water partition coefficient (Wildman–Crippen LogP) is 3.16. The fourth-order valence-electron chi connectivity index (χ4n) is 2.21. The van der Waals surface area contributed by atoms with Crippen LogP contribution in [0.4, 0.5) is 0 Å². The van der Waals surface area contributed by atoms with E-state index in [1.165, 1.54) is 22.9 Å². The molecule has 0 aliphatic heterocycles. The molecule has 5 nitrogen and oxygen atoms in total. The summed E-state index contributed by atoms with van der Waals surface area (Å²) in [7, 11) is 0. The lowest BCUT2D eigenvalue weighted by Crippen LogP contribution is -2.19. The van der Waals surface area contributed by atoms with Gasteiger partial charge in [-0.3, -0.25) is 0 Å². The third-order valence-corrected chi connectivity index (χ3v) is 4.46. The average molecular weight is 332 g/mol. The average Bonchev–Trinajstić information content (AvgIpc) is 2.47. The number of nitrogens with zero attached hydrogens (tertiary/aromatic N) is 1. The van der Waals surface area contributed by atoms with Gasteiger partial charge in [0, 0.05) is 11.4 Å². The van der Waals surface area contributed by atoms with Crippen LogP contribution in [0.5, 0.6) is 0 Å². The summed E-state index contributed by atoms with van der Waals surface area (Å²) in [5, 5.41) is 0.408. The molecular weight excluding hydrogens is 312 g/mol. The van der Waals surface area contributed by atoms with Gasteiger partial charge in [0.25, 0.3) is 0 Å². The van der Waals surface area contributed by atoms with Crippen molar-refractivity contribution in [2.75, 3.05) is 6.61 Å². The van der Waals surface area contributed by atoms with E-state index in [-0.39, 0.29) is 6.61 Å². The van der Waals surface area contributed by atoms with Crippen LogP contribution < -0.4 is 5.69 Å². The van der Waals surface area contributed by atoms with E-state index >= 15 is 0 Å². The summed E-state index contributed by atoms with van der Waals surface area (Å²) >= 11 is 1.37. The molecule has 1 aromatic carbocycles. The summed E-state index contributed by atoms with van der Waals surface area (Å²) in [6.07, 6.45) is 0. The first kappa shape index (κ1) is 17.3. The highest BCUT2D eigenvalue weighted by Crippen LogP contribution is 2.27. The smallest absolute Gasteiger partial charge is 0.346 e. The summed E-state index contributed by atoms with van der Waals surface area (Å²) in [5.41, 5.74) is 3.85. The number of rotatable bonds is 5. The lowest BCUT2D eigenvalue weighted by molar-refractivity contribution is 0.0519. The lowest BCUT2D eigenvalue weighted by atomic mass is 10.1. The Kier molecular flexibility index (Phi) is 5.60. The molecule has 23 heavy (non-hydrogen) atoms. The molecule has 0 saturated carbocycles. The van der Waals surface area contributed by atoms with Crippen LogP contribution in [0.1, 0.15) is 39.7 Å². The molecule has 1 heterocycles. The fraction of sp³-hybridized carbons (Fsp3) is 0.353. The molecule has 6 heteroatoms. The summed E-state index contributed by atoms with van der Waals surface area (Å²) < 4.78 is 5.07. The number of hydrogen-bond acceptors (Lipinski definition) is 5. The minimum Gasteiger partial charge on any atom is -0.462 e. The van der Waals surface area contributed by atoms with Crippen LogP contribution in [0.3, 0.4) is 0 Å². The molecule has 0 spiro atoms. The van der Waals surface area contributed by atoms with Gasteiger partial charge >= 0.3 is 11.7 Å². The highest BCUT2D eigenvalue weighted by atomic mass is 32.2. The zero-order valence-corrected chi connectivity index (χ0v) is 14.5. The van der Waals surface area contributed by atoms with Crippen LogP contribution >= 0.6 is 11.8 Å². The molecule has 1 aromatic heterocycles. The SMILES string of the molecule is CCOC(=O)c1c(SCc2cc(C)ccc2C)nc(=O)[nH]c1C. The molecule has 0 aliphatic rings. The topological polar surface area (TPSA) is 72.0 Å². The van der Waals surface area contributed by atoms with Gasteiger partial charge in [0.15, 0.2) is 0 Å². The second-order valence-corrected chi connectivity index (χ2v) is 6.25. The van der Waals surface area contributed by atoms with Crippen molar-refractivity contribution in [2.45, 2.75) is 38.5 Å². The van der Waals surface area contributed by atoms with E-state index in [0.717, 1.165) is 5.56 Å². The third kappa shape index (κ3) is 4.22. The quantitative estimate of drug-likeness (QED) is 0.517. The largest absolute Gasteiger partial charge is 0.462 e. The third-order valence-electron chi connectivity index (χ3n) is 3.43. The molecule has 0 radical (unpaired) electrons. The van der Waals surface area contributed by atoms with Crippen molar-refractivity contribution in [1.29, 1.82) is 0 Å². The monoisotopic (exact) mass is 332 g/mol. The van der Waals surface area contributed by atoms with Gasteiger partial charge in [-0.15, -0.1) is 11.8 Å². The van der Waals surface area contributed by atoms with Crippen molar-refractivity contribution >= 4 is 17.7 Å². The Balaban J connectivity index is 2.33. The van der Waals surface area contributed by atoms with Crippen molar-refractivity contribution < 1.29 is 9.53 Å². The van der Waals surface area contributed by atoms with Gasteiger partial charge in [-0.25, -0.2) is 9.59 Å². The Bertz CT molecular complexity index is 784. The molecule has 0 unspecified atom stereocenters. The molecule has 1 N–H and O–H groups in total. The van der Waals surface area contributed by atoms with Gasteiger partial charge in [0.1, 0.15) is 10.6 Å². The fourth-order valence-corrected chi connectivity index (χ4v) is 3.34. The highest BCUT2D eigenvalue weighted by Gasteiger charge is 2.19. The zero-order chi connectivity index (χ0) is 17.0. The maximum absolute atomic E-state index is 12.1. The van der Waals surface area contributed by atoms with Crippen molar-refractivity contribution in [3.05, 3.63) is 56.6 Å². The molecule has 0 amide bonds. The number of nitrogens with one attached hydrogen (secondary N) is 1. The van der Waals surface area contributed by atoms with Crippen LogP contribution in [-0.2, 0) is 10.5 Å². The van der Waals surface area contributed by atoms with E-state index in [1.54, 1.807) is 13.8 Å². The molecule has 122 valence electrons. The van der Waals surface area contributed by atoms with Crippen LogP contribution in [0.25, 0.3) is 0 Å². The van der Waals surface area contributed by atoms with Gasteiger partial charge in [-0.1, -0.05) is 23.8 Å². The number of hydrogen-bond donors (Lipinski definition) is 1. The number of aromatic nitrogens is 2. The van der Waals surface area contributed by atoms with E-state index in [4.69, 9.17) is 4.74 Å². The van der Waals surface area contributed by atoms with Gasteiger partial charge < -0.3 is 9.72 Å². The standard InChI is InChI=1S/C17H20N2O3S/c1-5-22-16(20)14-12(4)18-17(21)19-15(14)23-9-13-8-10(2)6-7-11(13)3/h6-8H,5,9H2,1-4H3,(H,18,19,21). The summed E-state index contributed by atoms with van der Waals surface area (Å²) in [5.74, 6) is 0.174. The van der Waals surface area contributed by atoms with Crippen LogP contribution in [0.2, 0.25) is 0 Å². The minimum atomic E-state index is -0.461. The number of ether oxygens (including phenoxy) is 1. The van der Waals surface area contributed by atoms with Gasteiger partial charge in [0.2, 0.25) is 0 Å². The first-order valence-corrected chi connectivity index (χ1v) is 8.38. The maximum atomic E-state index is 12.1. The molecule has 2 rings (SSSR count). The van der Waals surface area contributed by atoms with Crippen LogP contribution in [0.15, 0.2) is 28.0 Å². The molecule has 0 saturated heterocycles. The zero-order valence-electron chi connectivity index (χ0n) is 13.7. The molecule has 0 bridgehead atoms. The summed E-state index contributed by atoms with van der Waals surface area (Å²) in [6, 6.07) is 6.23. The Morgan fingerprint density at radius 1 is 1.30 bits per heavy atom. The number of aryl methyl sites for hydroxylation is 3. The van der Waals surface area contributed by atoms with Crippen LogP contribution in [-0.4, -0.2) is 22.5 Å². The van der Waals surface area contributed by atoms with Crippen LogP contribution in [0, 0.1) is 20.8 Å². The van der Waals surface area contributed by atoms with E-state index in [2.05, 4.69) is 28.2 Å². The second-order valence-electron chi connectivity index (χ2n) is 5.29. The number of H-pyrrole nitrogens is 1. The Labute approximate surface area is 139 Å². The Morgan fingerprint density at radius 3 is 2.74 bits per heavy atom. The van der Waals surface area contributed by atoms with Gasteiger partial charge in [0.05, 0.1) is 6.61 Å². The highest BCUT2D eigenvalue weighted by molar-refractivity contribution is 7.98. The van der Waals surface area contributed by atoms with Crippen molar-refractivity contribution in [3.63, 3.8) is 0 Å². The number of thioether (sulfide) groups is 1. The normalized spacial score (nSPS) is 10.6. The lowest BCUT2D eigenvalue weighted by Gasteiger charge is -2.11. The Hall–Kier alpha value is -2.08. The molecular formula is C17H20N2O3S. The Morgan fingerprint density at radius 2 is 2.04 bits per heavy atom. The summed E-state index contributed by atoms with van der Waals surface area (Å²) in [6.45, 7) is 7.77. The number of carbonyl (C=O) groups excluding carboxylic acids is 1. The first-order chi connectivity index (χ1) is 10.9. The molecule has 0 atom stereocenters. The van der Waals surface area contributed by atoms with Crippen molar-refractivity contribution in [3.8, 4) is 0 Å². The van der Waals surface area contributed by atoms with Gasteiger partial charge in [-0.2, -0.15) is 4.98 Å². The van der Waals surface area contributed by atoms with E-state index in [9.17, 15) is 9.59 Å². The molecule has 2 aromatic rings. The first-order valence-electron chi connectivity index (χ1n) is 7.39. The molecule has 0 fully saturated rings. The maximum Gasteiger partial charge on any atom is 0.346 e. The number of esters is 1. The van der Waals surface area contributed by atoms with E-state index < -0.39 is 11.7 Å². The van der Waals surface area contributed by atoms with E-state index in [1.807, 2.05) is 13.8 Å². The van der Waals surface area contributed by atoms with Crippen molar-refractivity contribution in [2.24, 2.45) is 0 Å². The summed E-state index contributed by atoms with van der Waals surface area (Å²) in [4.78, 5) is 30.3. The second kappa shape index (κ2) is 7.46. The predicted molar refractivity (Wildman–Crippen MR) is 91.0 cm³/mol. The van der Waals surface area contributed by atoms with E-state index in [0.29, 0.717) is 22.0 Å². The molecule has 0 aliphatic carbocycles. The minimum absolute atomic E-state index is 0.276.